The lowest BCUT2D eigenvalue weighted by Gasteiger charge is -2.00. The molecule has 0 aliphatic heterocycles. The molecule has 0 aliphatic carbocycles. The summed E-state index contributed by atoms with van der Waals surface area (Å²) in [5.41, 5.74) is 0.483. The highest BCUT2D eigenvalue weighted by Crippen LogP contribution is 1.93. The largest absolute Gasteiger partial charge is 0.494 e. The molecule has 11 heavy (non-hydrogen) atoms. The molecule has 0 unspecified atom stereocenters. The second kappa shape index (κ2) is 3.66. The van der Waals surface area contributed by atoms with Crippen LogP contribution >= 0.6 is 11.6 Å². The van der Waals surface area contributed by atoms with Crippen LogP contribution in [-0.2, 0) is 4.65 Å². The first-order valence-corrected chi connectivity index (χ1v) is 3.30. The summed E-state index contributed by atoms with van der Waals surface area (Å²) in [5, 5.41) is 9.22. The van der Waals surface area contributed by atoms with Gasteiger partial charge in [-0.15, -0.1) is 0 Å². The maximum absolute atomic E-state index is 9.07. The third kappa shape index (κ3) is 2.15. The molecule has 0 saturated heterocycles. The summed E-state index contributed by atoms with van der Waals surface area (Å²) in [4.78, 5) is 7.32. The standard InChI is InChI=1S/C5H6BClN2O2/c1-11-6(10)4-2-8-5(7)9-3-4/h2-3,10H,1H3. The number of rotatable bonds is 2. The number of halogens is 1. The Morgan fingerprint density at radius 2 is 2.09 bits per heavy atom. The van der Waals surface area contributed by atoms with Crippen LogP contribution in [0.4, 0.5) is 0 Å². The van der Waals surface area contributed by atoms with Gasteiger partial charge in [0.1, 0.15) is 0 Å². The minimum atomic E-state index is -0.979. The first kappa shape index (κ1) is 8.45. The fourth-order valence-electron chi connectivity index (χ4n) is 0.586. The molecule has 0 amide bonds. The molecule has 1 heterocycles. The Kier molecular flexibility index (Phi) is 2.81. The molecule has 1 aromatic heterocycles. The molecule has 0 atom stereocenters. The summed E-state index contributed by atoms with van der Waals surface area (Å²) < 4.78 is 4.61. The predicted octanol–water partition coefficient (Wildman–Crippen LogP) is -0.536. The van der Waals surface area contributed by atoms with Gasteiger partial charge in [-0.3, -0.25) is 0 Å². The topological polar surface area (TPSA) is 55.2 Å². The highest BCUT2D eigenvalue weighted by Gasteiger charge is 2.14. The van der Waals surface area contributed by atoms with Gasteiger partial charge in [0.2, 0.25) is 5.28 Å². The van der Waals surface area contributed by atoms with Crippen molar-refractivity contribution in [3.63, 3.8) is 0 Å². The van der Waals surface area contributed by atoms with Crippen molar-refractivity contribution in [2.75, 3.05) is 7.11 Å². The van der Waals surface area contributed by atoms with Gasteiger partial charge >= 0.3 is 7.12 Å². The zero-order chi connectivity index (χ0) is 8.27. The van der Waals surface area contributed by atoms with Crippen molar-refractivity contribution in [1.29, 1.82) is 0 Å². The normalized spacial score (nSPS) is 9.73. The first-order chi connectivity index (χ1) is 5.24. The Hall–Kier alpha value is -0.645. The summed E-state index contributed by atoms with van der Waals surface area (Å²) >= 11 is 5.41. The third-order valence-electron chi connectivity index (χ3n) is 1.15. The van der Waals surface area contributed by atoms with Gasteiger partial charge in [0, 0.05) is 25.0 Å². The molecule has 4 nitrogen and oxygen atoms in total. The van der Waals surface area contributed by atoms with Gasteiger partial charge in [-0.2, -0.15) is 0 Å². The highest BCUT2D eigenvalue weighted by molar-refractivity contribution is 6.59. The Morgan fingerprint density at radius 1 is 1.55 bits per heavy atom. The molecule has 0 radical (unpaired) electrons. The number of hydrogen-bond donors (Lipinski definition) is 1. The lowest BCUT2D eigenvalue weighted by molar-refractivity contribution is 0.341. The van der Waals surface area contributed by atoms with Crippen LogP contribution in [0.1, 0.15) is 0 Å². The lowest BCUT2D eigenvalue weighted by atomic mass is 9.82. The minimum Gasteiger partial charge on any atom is -0.423 e. The molecular weight excluding hydrogens is 166 g/mol. The molecule has 0 spiro atoms. The fraction of sp³-hybridized carbons (Fsp3) is 0.200. The fourth-order valence-corrected chi connectivity index (χ4v) is 0.683. The molecule has 1 N–H and O–H groups in total. The Morgan fingerprint density at radius 3 is 2.55 bits per heavy atom. The molecular formula is C5H6BClN2O2. The van der Waals surface area contributed by atoms with Crippen LogP contribution < -0.4 is 5.46 Å². The molecule has 6 heteroatoms. The van der Waals surface area contributed by atoms with Gasteiger partial charge in [0.25, 0.3) is 0 Å². The van der Waals surface area contributed by atoms with Crippen molar-refractivity contribution in [2.24, 2.45) is 0 Å². The average molecular weight is 172 g/mol. The van der Waals surface area contributed by atoms with Gasteiger partial charge in [0.05, 0.1) is 0 Å². The van der Waals surface area contributed by atoms with Gasteiger partial charge in [-0.1, -0.05) is 0 Å². The average Bonchev–Trinajstić information content (AvgIpc) is 2.05. The summed E-state index contributed by atoms with van der Waals surface area (Å²) in [7, 11) is 0.409. The maximum Gasteiger partial charge on any atom is 0.494 e. The second-order valence-corrected chi connectivity index (χ2v) is 2.21. The third-order valence-corrected chi connectivity index (χ3v) is 1.34. The molecule has 0 aromatic carbocycles. The zero-order valence-corrected chi connectivity index (χ0v) is 6.62. The zero-order valence-electron chi connectivity index (χ0n) is 5.86. The van der Waals surface area contributed by atoms with E-state index in [4.69, 9.17) is 16.6 Å². The summed E-state index contributed by atoms with van der Waals surface area (Å²) in [6.07, 6.45) is 2.81. The number of aromatic nitrogens is 2. The van der Waals surface area contributed by atoms with Crippen molar-refractivity contribution in [1.82, 2.24) is 9.97 Å². The Balaban J connectivity index is 2.81. The van der Waals surface area contributed by atoms with E-state index in [1.54, 1.807) is 0 Å². The van der Waals surface area contributed by atoms with E-state index in [2.05, 4.69) is 14.6 Å². The molecule has 0 bridgehead atoms. The Labute approximate surface area is 69.3 Å². The second-order valence-electron chi connectivity index (χ2n) is 1.87. The molecule has 0 aliphatic rings. The Bertz CT molecular complexity index is 230. The van der Waals surface area contributed by atoms with Crippen molar-refractivity contribution in [3.05, 3.63) is 17.7 Å². The van der Waals surface area contributed by atoms with Crippen LogP contribution in [0.25, 0.3) is 0 Å². The van der Waals surface area contributed by atoms with Crippen LogP contribution in [0.3, 0.4) is 0 Å². The van der Waals surface area contributed by atoms with Crippen LogP contribution in [0, 0.1) is 0 Å². The van der Waals surface area contributed by atoms with Crippen molar-refractivity contribution in [3.8, 4) is 0 Å². The molecule has 58 valence electrons. The van der Waals surface area contributed by atoms with Crippen LogP contribution in [0.15, 0.2) is 12.4 Å². The molecule has 0 fully saturated rings. The monoisotopic (exact) mass is 172 g/mol. The maximum atomic E-state index is 9.07. The molecule has 1 aromatic rings. The summed E-state index contributed by atoms with van der Waals surface area (Å²) in [6, 6.07) is 0. The van der Waals surface area contributed by atoms with Crippen molar-refractivity contribution < 1.29 is 9.68 Å². The highest BCUT2D eigenvalue weighted by atomic mass is 35.5. The van der Waals surface area contributed by atoms with Gasteiger partial charge < -0.3 is 9.68 Å². The van der Waals surface area contributed by atoms with Crippen LogP contribution in [0.5, 0.6) is 0 Å². The predicted molar refractivity (Wildman–Crippen MR) is 41.7 cm³/mol. The first-order valence-electron chi connectivity index (χ1n) is 2.92. The number of nitrogens with zero attached hydrogens (tertiary/aromatic N) is 2. The van der Waals surface area contributed by atoms with E-state index in [1.165, 1.54) is 19.5 Å². The van der Waals surface area contributed by atoms with Gasteiger partial charge in [0.15, 0.2) is 0 Å². The quantitative estimate of drug-likeness (QED) is 0.481. The minimum absolute atomic E-state index is 0.150. The number of hydrogen-bond acceptors (Lipinski definition) is 4. The van der Waals surface area contributed by atoms with E-state index in [1.807, 2.05) is 0 Å². The van der Waals surface area contributed by atoms with E-state index >= 15 is 0 Å². The van der Waals surface area contributed by atoms with E-state index < -0.39 is 7.12 Å². The van der Waals surface area contributed by atoms with E-state index in [0.717, 1.165) is 0 Å². The smallest absolute Gasteiger partial charge is 0.423 e. The van der Waals surface area contributed by atoms with E-state index in [0.29, 0.717) is 5.46 Å². The van der Waals surface area contributed by atoms with Crippen molar-refractivity contribution in [2.45, 2.75) is 0 Å². The van der Waals surface area contributed by atoms with Crippen LogP contribution in [-0.4, -0.2) is 29.2 Å². The van der Waals surface area contributed by atoms with Crippen LogP contribution in [0.2, 0.25) is 5.28 Å². The van der Waals surface area contributed by atoms with Crippen molar-refractivity contribution >= 4 is 24.2 Å². The van der Waals surface area contributed by atoms with E-state index in [9.17, 15) is 0 Å². The SMILES string of the molecule is COB(O)c1cnc(Cl)nc1. The van der Waals surface area contributed by atoms with Gasteiger partial charge in [-0.25, -0.2) is 9.97 Å². The van der Waals surface area contributed by atoms with Gasteiger partial charge in [-0.05, 0) is 11.6 Å². The lowest BCUT2D eigenvalue weighted by Crippen LogP contribution is -2.32. The summed E-state index contributed by atoms with van der Waals surface area (Å²) in [6.45, 7) is 0. The molecule has 1 rings (SSSR count). The molecule has 0 saturated carbocycles. The van der Waals surface area contributed by atoms with E-state index in [-0.39, 0.29) is 5.28 Å². The summed E-state index contributed by atoms with van der Waals surface area (Å²) in [5.74, 6) is 0.